The fraction of sp³-hybridized carbons (Fsp3) is 0.350. The van der Waals surface area contributed by atoms with Crippen molar-refractivity contribution in [2.75, 3.05) is 13.2 Å². The van der Waals surface area contributed by atoms with E-state index in [1.54, 1.807) is 0 Å². The zero-order chi connectivity index (χ0) is 17.5. The highest BCUT2D eigenvalue weighted by molar-refractivity contribution is 5.73. The van der Waals surface area contributed by atoms with Gasteiger partial charge in [0.15, 0.2) is 0 Å². The number of rotatable bonds is 6. The normalized spacial score (nSPS) is 10.3. The van der Waals surface area contributed by atoms with E-state index in [1.807, 2.05) is 32.0 Å². The smallest absolute Gasteiger partial charge is 0.315 e. The molecule has 0 radical (unpaired) electrons. The maximum Gasteiger partial charge on any atom is 0.315 e. The van der Waals surface area contributed by atoms with Gasteiger partial charge in [-0.3, -0.25) is 0 Å². The minimum atomic E-state index is -0.183. The molecule has 2 N–H and O–H groups in total. The molecule has 0 fully saturated rings. The molecule has 0 atom stereocenters. The molecule has 2 rings (SSSR count). The second kappa shape index (κ2) is 8.39. The van der Waals surface area contributed by atoms with Crippen LogP contribution in [0.25, 0.3) is 0 Å². The van der Waals surface area contributed by atoms with Crippen molar-refractivity contribution >= 4 is 6.03 Å². The predicted octanol–water partition coefficient (Wildman–Crippen LogP) is 3.80. The molecule has 2 aromatic carbocycles. The highest BCUT2D eigenvalue weighted by atomic mass is 16.5. The van der Waals surface area contributed by atoms with E-state index in [2.05, 4.69) is 42.7 Å². The fourth-order valence-corrected chi connectivity index (χ4v) is 2.53. The van der Waals surface area contributed by atoms with Gasteiger partial charge < -0.3 is 15.4 Å². The predicted molar refractivity (Wildman–Crippen MR) is 97.6 cm³/mol. The number of hydrogen-bond acceptors (Lipinski definition) is 2. The SMILES string of the molecule is Cc1cccc(CNC(=O)NCCOc2c(C)ccc(C)c2C)c1. The highest BCUT2D eigenvalue weighted by Crippen LogP contribution is 2.25. The Labute approximate surface area is 144 Å². The van der Waals surface area contributed by atoms with E-state index in [0.29, 0.717) is 19.7 Å². The minimum absolute atomic E-state index is 0.183. The van der Waals surface area contributed by atoms with Crippen molar-refractivity contribution in [3.63, 3.8) is 0 Å². The van der Waals surface area contributed by atoms with E-state index in [9.17, 15) is 4.79 Å². The van der Waals surface area contributed by atoms with Crippen LogP contribution in [0.15, 0.2) is 36.4 Å². The summed E-state index contributed by atoms with van der Waals surface area (Å²) in [5.74, 6) is 0.914. The molecule has 0 aliphatic carbocycles. The molecule has 0 aliphatic rings. The van der Waals surface area contributed by atoms with Crippen molar-refractivity contribution < 1.29 is 9.53 Å². The van der Waals surface area contributed by atoms with E-state index < -0.39 is 0 Å². The van der Waals surface area contributed by atoms with Crippen LogP contribution in [0.5, 0.6) is 5.75 Å². The van der Waals surface area contributed by atoms with Crippen LogP contribution < -0.4 is 15.4 Å². The summed E-state index contributed by atoms with van der Waals surface area (Å²) in [6.07, 6.45) is 0. The molecule has 0 spiro atoms. The lowest BCUT2D eigenvalue weighted by Gasteiger charge is -2.14. The van der Waals surface area contributed by atoms with Crippen LogP contribution in [-0.4, -0.2) is 19.2 Å². The average molecular weight is 326 g/mol. The van der Waals surface area contributed by atoms with Crippen molar-refractivity contribution in [3.8, 4) is 5.75 Å². The summed E-state index contributed by atoms with van der Waals surface area (Å²) in [5.41, 5.74) is 5.75. The third-order valence-electron chi connectivity index (χ3n) is 4.04. The van der Waals surface area contributed by atoms with Gasteiger partial charge >= 0.3 is 6.03 Å². The van der Waals surface area contributed by atoms with Crippen LogP contribution in [0.1, 0.15) is 27.8 Å². The lowest BCUT2D eigenvalue weighted by Crippen LogP contribution is -2.37. The van der Waals surface area contributed by atoms with E-state index in [1.165, 1.54) is 11.1 Å². The Kier molecular flexibility index (Phi) is 6.24. The summed E-state index contributed by atoms with van der Waals surface area (Å²) < 4.78 is 5.83. The van der Waals surface area contributed by atoms with Crippen LogP contribution in [0.3, 0.4) is 0 Å². The molecular weight excluding hydrogens is 300 g/mol. The van der Waals surface area contributed by atoms with E-state index >= 15 is 0 Å². The fourth-order valence-electron chi connectivity index (χ4n) is 2.53. The molecule has 2 aromatic rings. The second-order valence-electron chi connectivity index (χ2n) is 6.10. The Bertz CT molecular complexity index is 711. The van der Waals surface area contributed by atoms with Gasteiger partial charge in [-0.2, -0.15) is 0 Å². The quantitative estimate of drug-likeness (QED) is 0.793. The Morgan fingerprint density at radius 2 is 1.75 bits per heavy atom. The number of carbonyl (C=O) groups excluding carboxylic acids is 1. The van der Waals surface area contributed by atoms with Crippen LogP contribution in [0.2, 0.25) is 0 Å². The Balaban J connectivity index is 1.72. The van der Waals surface area contributed by atoms with Crippen molar-refractivity contribution in [1.29, 1.82) is 0 Å². The topological polar surface area (TPSA) is 50.4 Å². The number of nitrogens with one attached hydrogen (secondary N) is 2. The molecule has 128 valence electrons. The van der Waals surface area contributed by atoms with E-state index in [-0.39, 0.29) is 6.03 Å². The van der Waals surface area contributed by atoms with Crippen LogP contribution in [0.4, 0.5) is 4.79 Å². The monoisotopic (exact) mass is 326 g/mol. The molecule has 0 heterocycles. The first-order chi connectivity index (χ1) is 11.5. The van der Waals surface area contributed by atoms with Gasteiger partial charge in [-0.15, -0.1) is 0 Å². The van der Waals surface area contributed by atoms with Gasteiger partial charge in [-0.25, -0.2) is 4.79 Å². The maximum atomic E-state index is 11.8. The molecule has 0 aromatic heterocycles. The van der Waals surface area contributed by atoms with Crippen LogP contribution >= 0.6 is 0 Å². The van der Waals surface area contributed by atoms with E-state index in [4.69, 9.17) is 4.74 Å². The van der Waals surface area contributed by atoms with Gasteiger partial charge in [0.2, 0.25) is 0 Å². The molecular formula is C20H26N2O2. The van der Waals surface area contributed by atoms with Crippen molar-refractivity contribution in [1.82, 2.24) is 10.6 Å². The third kappa shape index (κ3) is 5.01. The minimum Gasteiger partial charge on any atom is -0.491 e. The van der Waals surface area contributed by atoms with Crippen molar-refractivity contribution in [2.24, 2.45) is 0 Å². The van der Waals surface area contributed by atoms with Gasteiger partial charge in [0, 0.05) is 6.54 Å². The van der Waals surface area contributed by atoms with Gasteiger partial charge in [-0.1, -0.05) is 42.0 Å². The lowest BCUT2D eigenvalue weighted by atomic mass is 10.1. The first kappa shape index (κ1) is 17.9. The molecule has 2 amide bonds. The Morgan fingerprint density at radius 3 is 2.50 bits per heavy atom. The molecule has 0 saturated heterocycles. The molecule has 0 aliphatic heterocycles. The maximum absolute atomic E-state index is 11.8. The highest BCUT2D eigenvalue weighted by Gasteiger charge is 2.06. The number of aryl methyl sites for hydroxylation is 3. The Morgan fingerprint density at radius 1 is 1.00 bits per heavy atom. The molecule has 0 saturated carbocycles. The van der Waals surface area contributed by atoms with Gasteiger partial charge in [0.05, 0.1) is 6.54 Å². The number of urea groups is 1. The zero-order valence-electron chi connectivity index (χ0n) is 14.9. The summed E-state index contributed by atoms with van der Waals surface area (Å²) in [6, 6.07) is 12.1. The summed E-state index contributed by atoms with van der Waals surface area (Å²) in [6.45, 7) is 9.62. The third-order valence-corrected chi connectivity index (χ3v) is 4.04. The molecule has 24 heavy (non-hydrogen) atoms. The molecule has 4 heteroatoms. The van der Waals surface area contributed by atoms with E-state index in [0.717, 1.165) is 22.4 Å². The molecule has 4 nitrogen and oxygen atoms in total. The summed E-state index contributed by atoms with van der Waals surface area (Å²) in [4.78, 5) is 11.8. The number of carbonyl (C=O) groups is 1. The zero-order valence-corrected chi connectivity index (χ0v) is 14.9. The molecule has 0 bridgehead atoms. The second-order valence-corrected chi connectivity index (χ2v) is 6.10. The largest absolute Gasteiger partial charge is 0.491 e. The van der Waals surface area contributed by atoms with Gasteiger partial charge in [-0.05, 0) is 49.9 Å². The molecule has 0 unspecified atom stereocenters. The van der Waals surface area contributed by atoms with Crippen LogP contribution in [-0.2, 0) is 6.54 Å². The van der Waals surface area contributed by atoms with Crippen molar-refractivity contribution in [3.05, 3.63) is 64.2 Å². The van der Waals surface area contributed by atoms with Gasteiger partial charge in [0.25, 0.3) is 0 Å². The van der Waals surface area contributed by atoms with Gasteiger partial charge in [0.1, 0.15) is 12.4 Å². The number of ether oxygens (including phenoxy) is 1. The number of hydrogen-bond donors (Lipinski definition) is 2. The first-order valence-corrected chi connectivity index (χ1v) is 8.24. The Hall–Kier alpha value is -2.49. The average Bonchev–Trinajstić information content (AvgIpc) is 2.56. The number of amides is 2. The summed E-state index contributed by atoms with van der Waals surface area (Å²) in [7, 11) is 0. The van der Waals surface area contributed by atoms with Crippen LogP contribution in [0, 0.1) is 27.7 Å². The lowest BCUT2D eigenvalue weighted by molar-refractivity contribution is 0.236. The summed E-state index contributed by atoms with van der Waals surface area (Å²) >= 11 is 0. The standard InChI is InChI=1S/C20H26N2O2/c1-14-6-5-7-18(12-14)13-22-20(23)21-10-11-24-19-16(3)9-8-15(2)17(19)4/h5-9,12H,10-11,13H2,1-4H3,(H2,21,22,23). The summed E-state index contributed by atoms with van der Waals surface area (Å²) in [5, 5.41) is 5.67. The van der Waals surface area contributed by atoms with Crippen molar-refractivity contribution in [2.45, 2.75) is 34.2 Å². The number of benzene rings is 2. The first-order valence-electron chi connectivity index (χ1n) is 8.24.